The lowest BCUT2D eigenvalue weighted by Gasteiger charge is -2.37. The number of hydrogen-bond acceptors (Lipinski definition) is 6. The lowest BCUT2D eigenvalue weighted by molar-refractivity contribution is 0.436. The summed E-state index contributed by atoms with van der Waals surface area (Å²) < 4.78 is 0. The van der Waals surface area contributed by atoms with Crippen LogP contribution >= 0.6 is 12.2 Å². The highest BCUT2D eigenvalue weighted by Crippen LogP contribution is 2.27. The van der Waals surface area contributed by atoms with Crippen LogP contribution in [-0.4, -0.2) is 54.3 Å². The van der Waals surface area contributed by atoms with E-state index in [-0.39, 0.29) is 0 Å². The second-order valence-corrected chi connectivity index (χ2v) is 10.6. The minimum absolute atomic E-state index is 0.532. The van der Waals surface area contributed by atoms with Crippen molar-refractivity contribution in [2.24, 2.45) is 5.92 Å². The molecule has 37 heavy (non-hydrogen) atoms. The number of aryl methyl sites for hydroxylation is 1. The number of rotatable bonds is 6. The first kappa shape index (κ1) is 25.3. The van der Waals surface area contributed by atoms with Gasteiger partial charge >= 0.3 is 0 Å². The molecule has 0 bridgehead atoms. The van der Waals surface area contributed by atoms with Gasteiger partial charge in [-0.25, -0.2) is 0 Å². The van der Waals surface area contributed by atoms with E-state index in [0.29, 0.717) is 17.6 Å². The number of nitrogens with zero attached hydrogens (tertiary/aromatic N) is 5. The molecule has 1 aromatic heterocycles. The van der Waals surface area contributed by atoms with Crippen LogP contribution in [0.3, 0.4) is 0 Å². The van der Waals surface area contributed by atoms with Crippen molar-refractivity contribution in [1.82, 2.24) is 15.3 Å². The largest absolute Gasteiger partial charge is 0.368 e. The fraction of sp³-hybridized carbons (Fsp3) is 0.414. The number of piperidine rings is 1. The first-order valence-electron chi connectivity index (χ1n) is 13.3. The maximum absolute atomic E-state index is 5.61. The third kappa shape index (κ3) is 6.68. The molecular formula is C29H37N7S. The summed E-state index contributed by atoms with van der Waals surface area (Å²) in [5, 5.41) is 7.09. The zero-order valence-electron chi connectivity index (χ0n) is 21.9. The lowest BCUT2D eigenvalue weighted by atomic mass is 9.99. The summed E-state index contributed by atoms with van der Waals surface area (Å²) in [6.45, 7) is 10.9. The molecule has 5 rings (SSSR count). The Balaban J connectivity index is 1.29. The van der Waals surface area contributed by atoms with Gasteiger partial charge < -0.3 is 25.3 Å². The van der Waals surface area contributed by atoms with Crippen molar-refractivity contribution in [3.05, 3.63) is 71.8 Å². The summed E-state index contributed by atoms with van der Waals surface area (Å²) in [4.78, 5) is 17.0. The van der Waals surface area contributed by atoms with Gasteiger partial charge in [0, 0.05) is 57.6 Å². The third-order valence-electron chi connectivity index (χ3n) is 7.33. The molecule has 2 aromatic carbocycles. The van der Waals surface area contributed by atoms with Gasteiger partial charge in [0.1, 0.15) is 11.6 Å². The molecule has 3 aromatic rings. The number of thiocarbonyl (C=S) groups is 1. The molecule has 2 saturated heterocycles. The minimum atomic E-state index is 0.532. The summed E-state index contributed by atoms with van der Waals surface area (Å²) in [5.74, 6) is 3.25. The maximum atomic E-state index is 5.61. The van der Waals surface area contributed by atoms with Crippen molar-refractivity contribution >= 4 is 40.6 Å². The van der Waals surface area contributed by atoms with E-state index in [1.165, 1.54) is 29.7 Å². The first-order chi connectivity index (χ1) is 18.0. The Labute approximate surface area is 225 Å². The van der Waals surface area contributed by atoms with Crippen LogP contribution in [0, 0.1) is 12.8 Å². The zero-order chi connectivity index (χ0) is 25.6. The molecule has 3 heterocycles. The molecule has 2 N–H and O–H groups in total. The van der Waals surface area contributed by atoms with E-state index in [1.54, 1.807) is 0 Å². The van der Waals surface area contributed by atoms with Crippen molar-refractivity contribution in [1.29, 1.82) is 0 Å². The highest BCUT2D eigenvalue weighted by Gasteiger charge is 2.23. The Morgan fingerprint density at radius 2 is 1.43 bits per heavy atom. The summed E-state index contributed by atoms with van der Waals surface area (Å²) in [5.41, 5.74) is 3.71. The highest BCUT2D eigenvalue weighted by atomic mass is 32.1. The Morgan fingerprint density at radius 3 is 2.08 bits per heavy atom. The fourth-order valence-electron chi connectivity index (χ4n) is 4.91. The Kier molecular flexibility index (Phi) is 8.04. The molecule has 0 saturated carbocycles. The predicted molar refractivity (Wildman–Crippen MR) is 158 cm³/mol. The van der Waals surface area contributed by atoms with Gasteiger partial charge in [-0.05, 0) is 55.6 Å². The van der Waals surface area contributed by atoms with Crippen molar-refractivity contribution in [2.45, 2.75) is 33.2 Å². The van der Waals surface area contributed by atoms with Gasteiger partial charge in [0.15, 0.2) is 5.11 Å². The normalized spacial score (nSPS) is 16.5. The first-order valence-corrected chi connectivity index (χ1v) is 13.7. The molecule has 2 fully saturated rings. The average Bonchev–Trinajstić information content (AvgIpc) is 2.93. The standard InChI is InChI=1S/C29H37N7S/c1-22-8-10-24(11-9-22)21-30-29(37)33-28-31-26(35-14-12-23(2)13-15-35)20-27(32-28)36-18-16-34(17-19-36)25-6-4-3-5-7-25/h3-11,20,23H,12-19,21H2,1-2H3,(H2,30,31,32,33,37). The molecule has 0 amide bonds. The Bertz CT molecular complexity index is 1170. The van der Waals surface area contributed by atoms with Crippen LogP contribution in [-0.2, 0) is 6.54 Å². The molecule has 0 unspecified atom stereocenters. The summed E-state index contributed by atoms with van der Waals surface area (Å²) in [6.07, 6.45) is 2.38. The second-order valence-electron chi connectivity index (χ2n) is 10.2. The number of hydrogen-bond donors (Lipinski definition) is 2. The van der Waals surface area contributed by atoms with Crippen molar-refractivity contribution in [2.75, 3.05) is 59.3 Å². The van der Waals surface area contributed by atoms with E-state index < -0.39 is 0 Å². The van der Waals surface area contributed by atoms with Gasteiger partial charge in [-0.3, -0.25) is 0 Å². The Morgan fingerprint density at radius 1 is 0.838 bits per heavy atom. The molecule has 0 atom stereocenters. The number of benzene rings is 2. The van der Waals surface area contributed by atoms with E-state index in [2.05, 4.69) is 99.8 Å². The number of piperazine rings is 1. The number of anilines is 4. The van der Waals surface area contributed by atoms with E-state index in [9.17, 15) is 0 Å². The maximum Gasteiger partial charge on any atom is 0.232 e. The SMILES string of the molecule is Cc1ccc(CNC(=S)Nc2nc(N3CCC(C)CC3)cc(N3CCN(c4ccccc4)CC3)n2)cc1. The summed E-state index contributed by atoms with van der Waals surface area (Å²) in [7, 11) is 0. The average molecular weight is 516 g/mol. The molecule has 0 aliphatic carbocycles. The number of nitrogens with one attached hydrogen (secondary N) is 2. The molecular weight excluding hydrogens is 478 g/mol. The van der Waals surface area contributed by atoms with Crippen LogP contribution in [0.25, 0.3) is 0 Å². The van der Waals surface area contributed by atoms with Gasteiger partial charge in [-0.2, -0.15) is 9.97 Å². The molecule has 8 heteroatoms. The van der Waals surface area contributed by atoms with Crippen molar-refractivity contribution in [3.63, 3.8) is 0 Å². The van der Waals surface area contributed by atoms with Gasteiger partial charge in [0.05, 0.1) is 0 Å². The summed E-state index contributed by atoms with van der Waals surface area (Å²) >= 11 is 5.61. The summed E-state index contributed by atoms with van der Waals surface area (Å²) in [6, 6.07) is 21.3. The topological polar surface area (TPSA) is 59.6 Å². The molecule has 2 aliphatic rings. The fourth-order valence-corrected chi connectivity index (χ4v) is 5.07. The quantitative estimate of drug-likeness (QED) is 0.453. The van der Waals surface area contributed by atoms with Crippen LogP contribution in [0.15, 0.2) is 60.7 Å². The highest BCUT2D eigenvalue weighted by molar-refractivity contribution is 7.80. The van der Waals surface area contributed by atoms with Crippen LogP contribution in [0.4, 0.5) is 23.3 Å². The van der Waals surface area contributed by atoms with Crippen molar-refractivity contribution < 1.29 is 0 Å². The second kappa shape index (κ2) is 11.8. The van der Waals surface area contributed by atoms with Gasteiger partial charge in [-0.15, -0.1) is 0 Å². The number of aromatic nitrogens is 2. The zero-order valence-corrected chi connectivity index (χ0v) is 22.7. The molecule has 0 spiro atoms. The predicted octanol–water partition coefficient (Wildman–Crippen LogP) is 4.83. The van der Waals surface area contributed by atoms with E-state index in [1.807, 2.05) is 0 Å². The smallest absolute Gasteiger partial charge is 0.232 e. The third-order valence-corrected chi connectivity index (χ3v) is 7.58. The van der Waals surface area contributed by atoms with Crippen LogP contribution in [0.1, 0.15) is 30.9 Å². The lowest BCUT2D eigenvalue weighted by Crippen LogP contribution is -2.47. The van der Waals surface area contributed by atoms with Gasteiger partial charge in [-0.1, -0.05) is 55.0 Å². The minimum Gasteiger partial charge on any atom is -0.368 e. The van der Waals surface area contributed by atoms with Gasteiger partial charge in [0.25, 0.3) is 0 Å². The van der Waals surface area contributed by atoms with E-state index in [4.69, 9.17) is 22.2 Å². The van der Waals surface area contributed by atoms with E-state index >= 15 is 0 Å². The Hall–Kier alpha value is -3.39. The molecule has 2 aliphatic heterocycles. The van der Waals surface area contributed by atoms with Crippen LogP contribution in [0.5, 0.6) is 0 Å². The number of para-hydroxylation sites is 1. The van der Waals surface area contributed by atoms with E-state index in [0.717, 1.165) is 56.8 Å². The monoisotopic (exact) mass is 515 g/mol. The van der Waals surface area contributed by atoms with Crippen molar-refractivity contribution in [3.8, 4) is 0 Å². The van der Waals surface area contributed by atoms with Crippen LogP contribution < -0.4 is 25.3 Å². The molecule has 194 valence electrons. The molecule has 7 nitrogen and oxygen atoms in total. The van der Waals surface area contributed by atoms with Gasteiger partial charge in [0.2, 0.25) is 5.95 Å². The molecule has 0 radical (unpaired) electrons. The van der Waals surface area contributed by atoms with Crippen LogP contribution in [0.2, 0.25) is 0 Å².